The van der Waals surface area contributed by atoms with Crippen molar-refractivity contribution in [2.45, 2.75) is 25.3 Å². The van der Waals surface area contributed by atoms with E-state index in [1.165, 1.54) is 0 Å². The average molecular weight is 337 g/mol. The number of para-hydroxylation sites is 1. The molecule has 2 aliphatic heterocycles. The first-order chi connectivity index (χ1) is 12.1. The van der Waals surface area contributed by atoms with Gasteiger partial charge in [0.2, 0.25) is 5.91 Å². The molecule has 2 aromatic carbocycles. The molecule has 0 fully saturated rings. The largest absolute Gasteiger partial charge is 0.493 e. The number of hydrogen-bond acceptors (Lipinski definition) is 3. The maximum Gasteiger partial charge on any atom is 0.335 e. The van der Waals surface area contributed by atoms with Gasteiger partial charge < -0.3 is 14.7 Å². The predicted octanol–water partition coefficient (Wildman–Crippen LogP) is 2.84. The van der Waals surface area contributed by atoms with Crippen molar-refractivity contribution in [2.24, 2.45) is 0 Å². The average Bonchev–Trinajstić information content (AvgIpc) is 2.66. The Balaban J connectivity index is 1.59. The molecular weight excluding hydrogens is 318 g/mol. The lowest BCUT2D eigenvalue weighted by Gasteiger charge is -2.34. The molecule has 0 radical (unpaired) electrons. The van der Waals surface area contributed by atoms with Crippen LogP contribution in [0.2, 0.25) is 0 Å². The Morgan fingerprint density at radius 1 is 1.12 bits per heavy atom. The molecule has 0 aliphatic carbocycles. The van der Waals surface area contributed by atoms with Crippen molar-refractivity contribution in [1.82, 2.24) is 4.90 Å². The number of hydrogen-bond donors (Lipinski definition) is 1. The van der Waals surface area contributed by atoms with E-state index in [4.69, 9.17) is 4.74 Å². The molecule has 1 atom stereocenters. The molecule has 128 valence electrons. The second-order valence-corrected chi connectivity index (χ2v) is 6.53. The van der Waals surface area contributed by atoms with E-state index in [1.807, 2.05) is 35.2 Å². The quantitative estimate of drug-likeness (QED) is 0.915. The Kier molecular flexibility index (Phi) is 3.92. The number of carboxylic acids is 1. The van der Waals surface area contributed by atoms with Gasteiger partial charge in [-0.1, -0.05) is 24.3 Å². The van der Waals surface area contributed by atoms with Gasteiger partial charge in [-0.3, -0.25) is 4.79 Å². The first-order valence-corrected chi connectivity index (χ1v) is 8.49. The van der Waals surface area contributed by atoms with Gasteiger partial charge in [0, 0.05) is 18.7 Å². The highest BCUT2D eigenvalue weighted by molar-refractivity contribution is 5.88. The normalized spacial score (nSPS) is 18.7. The number of rotatable bonds is 2. The van der Waals surface area contributed by atoms with Gasteiger partial charge in [-0.15, -0.1) is 0 Å². The summed E-state index contributed by atoms with van der Waals surface area (Å²) in [6, 6.07) is 12.9. The molecule has 2 aromatic rings. The topological polar surface area (TPSA) is 66.8 Å². The molecule has 1 amide bonds. The number of nitrogens with zero attached hydrogens (tertiary/aromatic N) is 1. The Morgan fingerprint density at radius 3 is 2.80 bits per heavy atom. The van der Waals surface area contributed by atoms with Crippen molar-refractivity contribution in [2.75, 3.05) is 13.2 Å². The van der Waals surface area contributed by atoms with E-state index < -0.39 is 5.97 Å². The molecule has 0 bridgehead atoms. The van der Waals surface area contributed by atoms with Crippen LogP contribution in [0.25, 0.3) is 0 Å². The summed E-state index contributed by atoms with van der Waals surface area (Å²) in [6.45, 7) is 1.67. The summed E-state index contributed by atoms with van der Waals surface area (Å²) in [5.74, 6) is -0.237. The molecule has 2 heterocycles. The van der Waals surface area contributed by atoms with Crippen molar-refractivity contribution >= 4 is 11.9 Å². The van der Waals surface area contributed by atoms with Crippen LogP contribution in [0.1, 0.15) is 39.4 Å². The SMILES string of the molecule is O=C(O)c1ccc2c(c1)CN(C(=O)C1CCOc3ccccc31)CC2. The highest BCUT2D eigenvalue weighted by atomic mass is 16.5. The predicted molar refractivity (Wildman–Crippen MR) is 91.8 cm³/mol. The fraction of sp³-hybridized carbons (Fsp3) is 0.300. The maximum absolute atomic E-state index is 13.1. The molecule has 5 nitrogen and oxygen atoms in total. The summed E-state index contributed by atoms with van der Waals surface area (Å²) in [5.41, 5.74) is 3.27. The highest BCUT2D eigenvalue weighted by Gasteiger charge is 2.32. The van der Waals surface area contributed by atoms with E-state index in [9.17, 15) is 14.7 Å². The Labute approximate surface area is 145 Å². The van der Waals surface area contributed by atoms with Crippen molar-refractivity contribution in [3.8, 4) is 5.75 Å². The highest BCUT2D eigenvalue weighted by Crippen LogP contribution is 2.35. The summed E-state index contributed by atoms with van der Waals surface area (Å²) in [7, 11) is 0. The summed E-state index contributed by atoms with van der Waals surface area (Å²) >= 11 is 0. The molecular formula is C20H19NO4. The molecule has 25 heavy (non-hydrogen) atoms. The molecule has 5 heteroatoms. The molecule has 2 aliphatic rings. The number of carbonyl (C=O) groups excluding carboxylic acids is 1. The number of amides is 1. The van der Waals surface area contributed by atoms with Gasteiger partial charge >= 0.3 is 5.97 Å². The third-order valence-corrected chi connectivity index (χ3v) is 5.03. The number of carbonyl (C=O) groups is 2. The number of ether oxygens (including phenoxy) is 1. The van der Waals surface area contributed by atoms with E-state index in [0.29, 0.717) is 26.1 Å². The molecule has 0 spiro atoms. The Hall–Kier alpha value is -2.82. The van der Waals surface area contributed by atoms with Crippen molar-refractivity contribution in [3.63, 3.8) is 0 Å². The minimum absolute atomic E-state index is 0.0992. The van der Waals surface area contributed by atoms with E-state index in [0.717, 1.165) is 28.9 Å². The van der Waals surface area contributed by atoms with E-state index in [2.05, 4.69) is 0 Å². The molecule has 4 rings (SSSR count). The minimum Gasteiger partial charge on any atom is -0.493 e. The molecule has 1 unspecified atom stereocenters. The van der Waals surface area contributed by atoms with Gasteiger partial charge in [-0.2, -0.15) is 0 Å². The first-order valence-electron chi connectivity index (χ1n) is 8.49. The summed E-state index contributed by atoms with van der Waals surface area (Å²) in [6.07, 6.45) is 1.43. The van der Waals surface area contributed by atoms with Crippen LogP contribution in [0.5, 0.6) is 5.75 Å². The van der Waals surface area contributed by atoms with Crippen LogP contribution < -0.4 is 4.74 Å². The fourth-order valence-corrected chi connectivity index (χ4v) is 3.70. The van der Waals surface area contributed by atoms with Crippen LogP contribution in [0, 0.1) is 0 Å². The lowest BCUT2D eigenvalue weighted by atomic mass is 9.90. The monoisotopic (exact) mass is 337 g/mol. The Bertz CT molecular complexity index is 845. The number of carboxylic acid groups (broad SMARTS) is 1. The lowest BCUT2D eigenvalue weighted by molar-refractivity contribution is -0.134. The van der Waals surface area contributed by atoms with E-state index >= 15 is 0 Å². The van der Waals surface area contributed by atoms with E-state index in [-0.39, 0.29) is 17.4 Å². The number of fused-ring (bicyclic) bond motifs is 2. The second-order valence-electron chi connectivity index (χ2n) is 6.53. The van der Waals surface area contributed by atoms with Gasteiger partial charge in [0.15, 0.2) is 0 Å². The van der Waals surface area contributed by atoms with E-state index in [1.54, 1.807) is 12.1 Å². The molecule has 0 saturated heterocycles. The van der Waals surface area contributed by atoms with Crippen molar-refractivity contribution in [1.29, 1.82) is 0 Å². The van der Waals surface area contributed by atoms with Crippen LogP contribution in [0.4, 0.5) is 0 Å². The van der Waals surface area contributed by atoms with Crippen molar-refractivity contribution in [3.05, 3.63) is 64.7 Å². The minimum atomic E-state index is -0.940. The molecule has 0 saturated carbocycles. The van der Waals surface area contributed by atoms with Crippen LogP contribution >= 0.6 is 0 Å². The van der Waals surface area contributed by atoms with Gasteiger partial charge in [-0.05, 0) is 42.2 Å². The lowest BCUT2D eigenvalue weighted by Crippen LogP contribution is -2.40. The van der Waals surface area contributed by atoms with Crippen LogP contribution in [0.3, 0.4) is 0 Å². The summed E-state index contributed by atoms with van der Waals surface area (Å²) in [5, 5.41) is 9.18. The van der Waals surface area contributed by atoms with Crippen LogP contribution in [0.15, 0.2) is 42.5 Å². The van der Waals surface area contributed by atoms with Gasteiger partial charge in [-0.25, -0.2) is 4.79 Å². The smallest absolute Gasteiger partial charge is 0.335 e. The zero-order valence-corrected chi connectivity index (χ0v) is 13.8. The third kappa shape index (κ3) is 2.86. The second kappa shape index (κ2) is 6.24. The summed E-state index contributed by atoms with van der Waals surface area (Å²) < 4.78 is 5.65. The summed E-state index contributed by atoms with van der Waals surface area (Å²) in [4.78, 5) is 26.1. The van der Waals surface area contributed by atoms with Crippen LogP contribution in [-0.2, 0) is 17.8 Å². The maximum atomic E-state index is 13.1. The van der Waals surface area contributed by atoms with Gasteiger partial charge in [0.25, 0.3) is 0 Å². The number of benzene rings is 2. The number of aromatic carboxylic acids is 1. The zero-order chi connectivity index (χ0) is 17.4. The molecule has 1 N–H and O–H groups in total. The zero-order valence-electron chi connectivity index (χ0n) is 13.8. The van der Waals surface area contributed by atoms with Crippen molar-refractivity contribution < 1.29 is 19.4 Å². The fourth-order valence-electron chi connectivity index (χ4n) is 3.70. The van der Waals surface area contributed by atoms with Gasteiger partial charge in [0.1, 0.15) is 5.75 Å². The van der Waals surface area contributed by atoms with Crippen LogP contribution in [-0.4, -0.2) is 35.0 Å². The third-order valence-electron chi connectivity index (χ3n) is 5.03. The first kappa shape index (κ1) is 15.7. The standard InChI is InChI=1S/C20H19NO4/c22-19(17-8-10-25-18-4-2-1-3-16(17)18)21-9-7-13-5-6-14(20(23)24)11-15(13)12-21/h1-6,11,17H,7-10,12H2,(H,23,24). The van der Waals surface area contributed by atoms with Gasteiger partial charge in [0.05, 0.1) is 18.1 Å². The Morgan fingerprint density at radius 2 is 1.96 bits per heavy atom. The molecule has 0 aromatic heterocycles.